The van der Waals surface area contributed by atoms with Gasteiger partial charge in [0.2, 0.25) is 0 Å². The second kappa shape index (κ2) is 10.7. The van der Waals surface area contributed by atoms with Gasteiger partial charge < -0.3 is 23.8 Å². The molecule has 2 atom stereocenters. The Kier molecular flexibility index (Phi) is 11.4. The first kappa shape index (κ1) is 23.3. The molecule has 0 amide bonds. The van der Waals surface area contributed by atoms with Crippen LogP contribution in [0.5, 0.6) is 0 Å². The van der Waals surface area contributed by atoms with Crippen LogP contribution in [0.3, 0.4) is 0 Å². The van der Waals surface area contributed by atoms with Gasteiger partial charge >= 0.3 is 0 Å². The van der Waals surface area contributed by atoms with Gasteiger partial charge in [0, 0.05) is 17.5 Å². The fourth-order valence-electron chi connectivity index (χ4n) is 3.34. The fraction of sp³-hybridized carbons (Fsp3) is 0.667. The molecule has 2 rings (SSSR count). The van der Waals surface area contributed by atoms with E-state index in [9.17, 15) is 0 Å². The molecule has 4 heteroatoms. The van der Waals surface area contributed by atoms with E-state index in [0.717, 1.165) is 0 Å². The lowest BCUT2D eigenvalue weighted by Gasteiger charge is -2.43. The van der Waals surface area contributed by atoms with Crippen LogP contribution in [-0.4, -0.2) is 12.1 Å². The summed E-state index contributed by atoms with van der Waals surface area (Å²) < 4.78 is 0. The Balaban J connectivity index is 0. The summed E-state index contributed by atoms with van der Waals surface area (Å²) in [5.74, 6) is 0. The summed E-state index contributed by atoms with van der Waals surface area (Å²) in [6.45, 7) is 8.42. The van der Waals surface area contributed by atoms with E-state index in [1.165, 1.54) is 43.2 Å². The summed E-state index contributed by atoms with van der Waals surface area (Å²) in [6.07, 6.45) is 6.43. The summed E-state index contributed by atoms with van der Waals surface area (Å²) in [5, 5.41) is 0. The number of hydrogen-bond acceptors (Lipinski definition) is 4. The van der Waals surface area contributed by atoms with Crippen molar-refractivity contribution in [3.05, 3.63) is 35.4 Å². The third kappa shape index (κ3) is 6.44. The van der Waals surface area contributed by atoms with E-state index in [-0.39, 0.29) is 29.8 Å². The van der Waals surface area contributed by atoms with Crippen LogP contribution in [0.25, 0.3) is 0 Å². The maximum atomic E-state index is 6.02. The molecule has 1 aromatic carbocycles. The minimum absolute atomic E-state index is 0. The SMILES string of the molecule is CC(N)C1(C(C)N)CCCCC1.Cc1cccc(C)c1.N.N. The van der Waals surface area contributed by atoms with E-state index in [2.05, 4.69) is 52.0 Å². The van der Waals surface area contributed by atoms with Gasteiger partial charge in [0.05, 0.1) is 0 Å². The molecule has 0 heterocycles. The molecule has 1 fully saturated rings. The summed E-state index contributed by atoms with van der Waals surface area (Å²) in [5.41, 5.74) is 15.0. The summed E-state index contributed by atoms with van der Waals surface area (Å²) in [4.78, 5) is 0. The van der Waals surface area contributed by atoms with Crippen molar-refractivity contribution in [2.24, 2.45) is 16.9 Å². The number of hydrogen-bond donors (Lipinski definition) is 4. The average Bonchev–Trinajstić information content (AvgIpc) is 2.39. The molecule has 0 aliphatic heterocycles. The van der Waals surface area contributed by atoms with Gasteiger partial charge in [0.15, 0.2) is 0 Å². The highest BCUT2D eigenvalue weighted by Crippen LogP contribution is 2.40. The van der Waals surface area contributed by atoms with Crippen molar-refractivity contribution in [3.63, 3.8) is 0 Å². The van der Waals surface area contributed by atoms with Crippen molar-refractivity contribution >= 4 is 0 Å². The van der Waals surface area contributed by atoms with Crippen LogP contribution in [0.15, 0.2) is 24.3 Å². The topological polar surface area (TPSA) is 122 Å². The molecule has 130 valence electrons. The van der Waals surface area contributed by atoms with Crippen LogP contribution in [0.2, 0.25) is 0 Å². The lowest BCUT2D eigenvalue weighted by atomic mass is 9.66. The van der Waals surface area contributed by atoms with Crippen molar-refractivity contribution < 1.29 is 0 Å². The first-order chi connectivity index (χ1) is 9.38. The molecule has 0 aromatic heterocycles. The maximum Gasteiger partial charge on any atom is 0.00817 e. The minimum Gasteiger partial charge on any atom is -0.344 e. The smallest absolute Gasteiger partial charge is 0.00817 e. The molecule has 1 saturated carbocycles. The molecule has 2 unspecified atom stereocenters. The lowest BCUT2D eigenvalue weighted by Crippen LogP contribution is -2.51. The van der Waals surface area contributed by atoms with Gasteiger partial charge in [-0.05, 0) is 40.5 Å². The number of aryl methyl sites for hydroxylation is 2. The van der Waals surface area contributed by atoms with Crippen LogP contribution in [0.1, 0.15) is 57.1 Å². The van der Waals surface area contributed by atoms with Gasteiger partial charge in [-0.3, -0.25) is 0 Å². The summed E-state index contributed by atoms with van der Waals surface area (Å²) in [6, 6.07) is 8.94. The van der Waals surface area contributed by atoms with Crippen LogP contribution in [0.4, 0.5) is 0 Å². The Morgan fingerprint density at radius 2 is 1.27 bits per heavy atom. The minimum atomic E-state index is 0. The highest BCUT2D eigenvalue weighted by molar-refractivity contribution is 5.20. The zero-order valence-corrected chi connectivity index (χ0v) is 15.1. The van der Waals surface area contributed by atoms with Gasteiger partial charge in [0.1, 0.15) is 0 Å². The summed E-state index contributed by atoms with van der Waals surface area (Å²) >= 11 is 0. The van der Waals surface area contributed by atoms with Crippen molar-refractivity contribution in [2.45, 2.75) is 71.9 Å². The Morgan fingerprint density at radius 3 is 1.50 bits per heavy atom. The van der Waals surface area contributed by atoms with Gasteiger partial charge in [-0.25, -0.2) is 0 Å². The highest BCUT2D eigenvalue weighted by Gasteiger charge is 2.38. The highest BCUT2D eigenvalue weighted by atomic mass is 14.8. The van der Waals surface area contributed by atoms with Crippen LogP contribution in [0, 0.1) is 19.3 Å². The number of rotatable bonds is 2. The van der Waals surface area contributed by atoms with Crippen LogP contribution in [-0.2, 0) is 0 Å². The molecule has 0 radical (unpaired) electrons. The first-order valence-corrected chi connectivity index (χ1v) is 7.93. The predicted octanol–water partition coefficient (Wildman–Crippen LogP) is 4.26. The maximum absolute atomic E-state index is 6.02. The van der Waals surface area contributed by atoms with E-state index in [1.807, 2.05) is 0 Å². The molecular weight excluding hydrogens is 272 g/mol. The fourth-order valence-corrected chi connectivity index (χ4v) is 3.34. The molecule has 0 spiro atoms. The second-order valence-corrected chi connectivity index (χ2v) is 6.53. The van der Waals surface area contributed by atoms with Crippen molar-refractivity contribution in [2.75, 3.05) is 0 Å². The molecule has 4 nitrogen and oxygen atoms in total. The molecule has 0 saturated heterocycles. The standard InChI is InChI=1S/C10H22N2.C8H10.2H3N/c1-8(11)10(9(2)12)6-4-3-5-7-10;1-7-4-3-5-8(2)6-7;;/h8-9H,3-7,11-12H2,1-2H3;3-6H,1-2H3;2*1H3. The Labute approximate surface area is 137 Å². The molecule has 0 bridgehead atoms. The Hall–Kier alpha value is -0.940. The molecular formula is C18H38N4. The normalized spacial score (nSPS) is 18.6. The molecule has 22 heavy (non-hydrogen) atoms. The van der Waals surface area contributed by atoms with E-state index >= 15 is 0 Å². The molecule has 1 aliphatic carbocycles. The van der Waals surface area contributed by atoms with Crippen molar-refractivity contribution in [1.82, 2.24) is 12.3 Å². The second-order valence-electron chi connectivity index (χ2n) is 6.53. The number of benzene rings is 1. The monoisotopic (exact) mass is 310 g/mol. The Morgan fingerprint density at radius 1 is 0.864 bits per heavy atom. The zero-order chi connectivity index (χ0) is 15.2. The first-order valence-electron chi connectivity index (χ1n) is 7.93. The van der Waals surface area contributed by atoms with E-state index < -0.39 is 0 Å². The largest absolute Gasteiger partial charge is 0.344 e. The summed E-state index contributed by atoms with van der Waals surface area (Å²) in [7, 11) is 0. The Bertz CT molecular complexity index is 369. The molecule has 10 N–H and O–H groups in total. The van der Waals surface area contributed by atoms with Crippen LogP contribution >= 0.6 is 0 Å². The third-order valence-corrected chi connectivity index (χ3v) is 4.77. The average molecular weight is 311 g/mol. The third-order valence-electron chi connectivity index (χ3n) is 4.77. The lowest BCUT2D eigenvalue weighted by molar-refractivity contribution is 0.122. The quantitative estimate of drug-likeness (QED) is 0.651. The van der Waals surface area contributed by atoms with Crippen molar-refractivity contribution in [3.8, 4) is 0 Å². The number of nitrogens with two attached hydrogens (primary N) is 2. The van der Waals surface area contributed by atoms with E-state index in [4.69, 9.17) is 11.5 Å². The molecule has 1 aromatic rings. The predicted molar refractivity (Wildman–Crippen MR) is 98.8 cm³/mol. The van der Waals surface area contributed by atoms with Gasteiger partial charge in [-0.2, -0.15) is 0 Å². The zero-order valence-electron chi connectivity index (χ0n) is 15.1. The van der Waals surface area contributed by atoms with Crippen LogP contribution < -0.4 is 23.8 Å². The van der Waals surface area contributed by atoms with Gasteiger partial charge in [0.25, 0.3) is 0 Å². The van der Waals surface area contributed by atoms with E-state index in [0.29, 0.717) is 0 Å². The van der Waals surface area contributed by atoms with Gasteiger partial charge in [-0.1, -0.05) is 54.7 Å². The van der Waals surface area contributed by atoms with E-state index in [1.54, 1.807) is 0 Å². The molecule has 1 aliphatic rings. The van der Waals surface area contributed by atoms with Crippen molar-refractivity contribution in [1.29, 1.82) is 0 Å². The van der Waals surface area contributed by atoms with Gasteiger partial charge in [-0.15, -0.1) is 0 Å².